The molecule has 2 aromatic rings. The minimum absolute atomic E-state index is 0.484. The molecule has 0 amide bonds. The van der Waals surface area contributed by atoms with E-state index < -0.39 is 0 Å². The first-order valence-corrected chi connectivity index (χ1v) is 11.5. The predicted molar refractivity (Wildman–Crippen MR) is 129 cm³/mol. The highest BCUT2D eigenvalue weighted by Crippen LogP contribution is 2.29. The van der Waals surface area contributed by atoms with E-state index in [0.717, 1.165) is 29.2 Å². The van der Waals surface area contributed by atoms with E-state index in [9.17, 15) is 0 Å². The number of rotatable bonds is 14. The molecule has 4 nitrogen and oxygen atoms in total. The van der Waals surface area contributed by atoms with Crippen molar-refractivity contribution in [3.63, 3.8) is 0 Å². The van der Waals surface area contributed by atoms with Gasteiger partial charge >= 0.3 is 0 Å². The maximum Gasteiger partial charge on any atom is 0.161 e. The Morgan fingerprint density at radius 2 is 1.60 bits per heavy atom. The van der Waals surface area contributed by atoms with Crippen molar-refractivity contribution in [3.8, 4) is 11.5 Å². The van der Waals surface area contributed by atoms with Gasteiger partial charge in [-0.25, -0.2) is 0 Å². The van der Waals surface area contributed by atoms with Crippen LogP contribution in [0.3, 0.4) is 0 Å². The molecule has 0 saturated carbocycles. The lowest BCUT2D eigenvalue weighted by atomic mass is 10.1. The molecule has 6 heteroatoms. The number of halogens is 2. The second-order valence-electron chi connectivity index (χ2n) is 7.11. The molecule has 0 fully saturated rings. The smallest absolute Gasteiger partial charge is 0.161 e. The van der Waals surface area contributed by atoms with Crippen molar-refractivity contribution < 1.29 is 9.47 Å². The Labute approximate surface area is 190 Å². The first-order chi connectivity index (χ1) is 14.6. The number of anilines is 1. The van der Waals surface area contributed by atoms with E-state index in [1.807, 2.05) is 31.2 Å². The maximum atomic E-state index is 6.02. The lowest BCUT2D eigenvalue weighted by Crippen LogP contribution is -2.02. The van der Waals surface area contributed by atoms with Crippen molar-refractivity contribution in [1.82, 2.24) is 0 Å². The Morgan fingerprint density at radius 3 is 2.33 bits per heavy atom. The van der Waals surface area contributed by atoms with Gasteiger partial charge in [0.1, 0.15) is 0 Å². The number of hydrogen-bond donors (Lipinski definition) is 1. The molecular weight excluding hydrogens is 419 g/mol. The Bertz CT molecular complexity index is 797. The van der Waals surface area contributed by atoms with Gasteiger partial charge in [-0.05, 0) is 55.3 Å². The summed E-state index contributed by atoms with van der Waals surface area (Å²) < 4.78 is 11.7. The molecular formula is C24H32Cl2N2O2. The van der Waals surface area contributed by atoms with E-state index in [-0.39, 0.29) is 0 Å². The lowest BCUT2D eigenvalue weighted by molar-refractivity contribution is 0.270. The molecule has 0 bridgehead atoms. The number of unbranched alkanes of at least 4 members (excludes halogenated alkanes) is 6. The van der Waals surface area contributed by atoms with Gasteiger partial charge in [-0.3, -0.25) is 5.43 Å². The highest BCUT2D eigenvalue weighted by molar-refractivity contribution is 6.42. The first kappa shape index (κ1) is 24.4. The van der Waals surface area contributed by atoms with Gasteiger partial charge in [-0.2, -0.15) is 5.10 Å². The Morgan fingerprint density at radius 1 is 0.833 bits per heavy atom. The number of nitrogens with zero attached hydrogens (tertiary/aromatic N) is 1. The largest absolute Gasteiger partial charge is 0.490 e. The number of hydrogen-bond acceptors (Lipinski definition) is 4. The van der Waals surface area contributed by atoms with E-state index in [1.54, 1.807) is 18.3 Å². The minimum atomic E-state index is 0.484. The third kappa shape index (κ3) is 8.85. The van der Waals surface area contributed by atoms with Crippen molar-refractivity contribution in [1.29, 1.82) is 0 Å². The second-order valence-corrected chi connectivity index (χ2v) is 7.92. The van der Waals surface area contributed by atoms with Crippen molar-refractivity contribution in [3.05, 3.63) is 52.0 Å². The van der Waals surface area contributed by atoms with Gasteiger partial charge < -0.3 is 9.47 Å². The van der Waals surface area contributed by atoms with Crippen LogP contribution >= 0.6 is 23.2 Å². The summed E-state index contributed by atoms with van der Waals surface area (Å²) >= 11 is 11.9. The highest BCUT2D eigenvalue weighted by Gasteiger charge is 2.06. The zero-order valence-electron chi connectivity index (χ0n) is 17.9. The summed E-state index contributed by atoms with van der Waals surface area (Å²) in [5.74, 6) is 1.51. The first-order valence-electron chi connectivity index (χ1n) is 10.8. The highest BCUT2D eigenvalue weighted by atomic mass is 35.5. The average Bonchev–Trinajstić information content (AvgIpc) is 2.74. The van der Waals surface area contributed by atoms with Crippen LogP contribution in [-0.2, 0) is 0 Å². The van der Waals surface area contributed by atoms with Crippen molar-refractivity contribution in [2.45, 2.75) is 58.8 Å². The van der Waals surface area contributed by atoms with E-state index >= 15 is 0 Å². The molecule has 164 valence electrons. The molecule has 2 aromatic carbocycles. The van der Waals surface area contributed by atoms with E-state index in [1.165, 1.54) is 38.5 Å². The molecule has 0 radical (unpaired) electrons. The fraction of sp³-hybridized carbons (Fsp3) is 0.458. The fourth-order valence-electron chi connectivity index (χ4n) is 2.98. The summed E-state index contributed by atoms with van der Waals surface area (Å²) in [6.45, 7) is 5.50. The minimum Gasteiger partial charge on any atom is -0.490 e. The molecule has 1 N–H and O–H groups in total. The number of benzene rings is 2. The van der Waals surface area contributed by atoms with Gasteiger partial charge in [0.2, 0.25) is 0 Å². The average molecular weight is 451 g/mol. The van der Waals surface area contributed by atoms with Crippen LogP contribution in [0.25, 0.3) is 0 Å². The molecule has 30 heavy (non-hydrogen) atoms. The van der Waals surface area contributed by atoms with Crippen molar-refractivity contribution in [2.75, 3.05) is 18.6 Å². The standard InChI is InChI=1S/C24H32Cl2N2O2/c1-3-5-6-7-8-9-10-15-30-23-14-11-19(16-24(23)29-4-2)18-27-28-20-12-13-21(25)22(26)17-20/h11-14,16-18,28H,3-10,15H2,1-2H3. The van der Waals surface area contributed by atoms with Gasteiger partial charge in [0.15, 0.2) is 11.5 Å². The SMILES string of the molecule is CCCCCCCCCOc1ccc(C=NNc2ccc(Cl)c(Cl)c2)cc1OCC. The maximum absolute atomic E-state index is 6.02. The van der Waals surface area contributed by atoms with Crippen LogP contribution in [0.15, 0.2) is 41.5 Å². The van der Waals surface area contributed by atoms with Crippen LogP contribution in [0.5, 0.6) is 11.5 Å². The van der Waals surface area contributed by atoms with Crippen LogP contribution in [0.4, 0.5) is 5.69 Å². The summed E-state index contributed by atoms with van der Waals surface area (Å²) in [6.07, 6.45) is 10.6. The van der Waals surface area contributed by atoms with Gasteiger partial charge in [-0.1, -0.05) is 68.7 Å². The number of nitrogens with one attached hydrogen (secondary N) is 1. The Balaban J connectivity index is 1.85. The van der Waals surface area contributed by atoms with Gasteiger partial charge in [-0.15, -0.1) is 0 Å². The van der Waals surface area contributed by atoms with Gasteiger partial charge in [0.25, 0.3) is 0 Å². The van der Waals surface area contributed by atoms with Crippen LogP contribution in [0.2, 0.25) is 10.0 Å². The summed E-state index contributed by atoms with van der Waals surface area (Å²) in [4.78, 5) is 0. The third-order valence-corrected chi connectivity index (χ3v) is 5.34. The molecule has 0 unspecified atom stereocenters. The van der Waals surface area contributed by atoms with Crippen LogP contribution in [0.1, 0.15) is 64.4 Å². The zero-order chi connectivity index (χ0) is 21.6. The number of ether oxygens (including phenoxy) is 2. The van der Waals surface area contributed by atoms with Gasteiger partial charge in [0.05, 0.1) is 35.2 Å². The quantitative estimate of drug-likeness (QED) is 0.180. The van der Waals surface area contributed by atoms with Gasteiger partial charge in [0, 0.05) is 0 Å². The van der Waals surface area contributed by atoms with Crippen LogP contribution in [0, 0.1) is 0 Å². The van der Waals surface area contributed by atoms with E-state index in [0.29, 0.717) is 23.3 Å². The lowest BCUT2D eigenvalue weighted by Gasteiger charge is -2.12. The summed E-state index contributed by atoms with van der Waals surface area (Å²) in [6, 6.07) is 11.1. The molecule has 2 rings (SSSR count). The molecule has 0 heterocycles. The predicted octanol–water partition coefficient (Wildman–Crippen LogP) is 7.97. The van der Waals surface area contributed by atoms with E-state index in [4.69, 9.17) is 32.7 Å². The molecule has 0 spiro atoms. The molecule has 0 aliphatic heterocycles. The molecule has 0 aliphatic rings. The zero-order valence-corrected chi connectivity index (χ0v) is 19.4. The molecule has 0 aliphatic carbocycles. The Hall–Kier alpha value is -1.91. The van der Waals surface area contributed by atoms with Crippen molar-refractivity contribution >= 4 is 35.1 Å². The van der Waals surface area contributed by atoms with E-state index in [2.05, 4.69) is 17.5 Å². The second kappa shape index (κ2) is 14.2. The van der Waals surface area contributed by atoms with Crippen molar-refractivity contribution in [2.24, 2.45) is 5.10 Å². The number of hydrazone groups is 1. The third-order valence-electron chi connectivity index (χ3n) is 4.60. The normalized spacial score (nSPS) is 11.1. The molecule has 0 atom stereocenters. The summed E-state index contributed by atoms with van der Waals surface area (Å²) in [7, 11) is 0. The summed E-state index contributed by atoms with van der Waals surface area (Å²) in [5, 5.41) is 5.26. The Kier molecular flexibility index (Phi) is 11.5. The fourth-order valence-corrected chi connectivity index (χ4v) is 3.28. The summed E-state index contributed by atoms with van der Waals surface area (Å²) in [5.41, 5.74) is 4.62. The van der Waals surface area contributed by atoms with Crippen LogP contribution in [-0.4, -0.2) is 19.4 Å². The monoisotopic (exact) mass is 450 g/mol. The molecule has 0 aromatic heterocycles. The van der Waals surface area contributed by atoms with Crippen LogP contribution < -0.4 is 14.9 Å². The topological polar surface area (TPSA) is 42.8 Å². The molecule has 0 saturated heterocycles.